The van der Waals surface area contributed by atoms with Crippen molar-refractivity contribution in [1.82, 2.24) is 4.90 Å². The van der Waals surface area contributed by atoms with Gasteiger partial charge in [0.2, 0.25) is 0 Å². The molecule has 2 aliphatic rings. The first-order valence-corrected chi connectivity index (χ1v) is 6.08. The van der Waals surface area contributed by atoms with Crippen LogP contribution in [-0.2, 0) is 11.3 Å². The number of Topliss-reactive ketones (excluding diaryl/α,β-unsaturated/α-hetero) is 1. The van der Waals surface area contributed by atoms with Gasteiger partial charge in [0.1, 0.15) is 11.6 Å². The summed E-state index contributed by atoms with van der Waals surface area (Å²) >= 11 is 0. The van der Waals surface area contributed by atoms with Crippen LogP contribution in [0.2, 0.25) is 0 Å². The highest BCUT2D eigenvalue weighted by molar-refractivity contribution is 6.13. The molecule has 1 aromatic rings. The quantitative estimate of drug-likeness (QED) is 0.761. The summed E-state index contributed by atoms with van der Waals surface area (Å²) in [5.74, 6) is 1.96. The summed E-state index contributed by atoms with van der Waals surface area (Å²) in [5.41, 5.74) is 1.62. The van der Waals surface area contributed by atoms with Crippen LogP contribution in [0, 0.1) is 0 Å². The highest BCUT2D eigenvalue weighted by Crippen LogP contribution is 2.37. The molecule has 4 nitrogen and oxygen atoms in total. The molecule has 0 spiro atoms. The van der Waals surface area contributed by atoms with Crippen molar-refractivity contribution in [2.45, 2.75) is 32.4 Å². The number of benzene rings is 1. The van der Waals surface area contributed by atoms with Gasteiger partial charge in [-0.05, 0) is 32.0 Å². The third-order valence-electron chi connectivity index (χ3n) is 3.85. The van der Waals surface area contributed by atoms with Crippen molar-refractivity contribution in [1.29, 1.82) is 0 Å². The Hall–Kier alpha value is -1.84. The topological polar surface area (TPSA) is 41.9 Å². The van der Waals surface area contributed by atoms with Crippen molar-refractivity contribution in [2.24, 2.45) is 4.99 Å². The van der Waals surface area contributed by atoms with Gasteiger partial charge < -0.3 is 9.64 Å². The highest BCUT2D eigenvalue weighted by Gasteiger charge is 2.45. The van der Waals surface area contributed by atoms with E-state index in [0.29, 0.717) is 6.42 Å². The van der Waals surface area contributed by atoms with Gasteiger partial charge in [-0.2, -0.15) is 0 Å². The fourth-order valence-electron chi connectivity index (χ4n) is 2.55. The standard InChI is InChI=1S/C14H16N2O2/c1-14(2)12(17)7-13-15-11-5-4-10(18-3)6-9(11)8-16(13)14/h4-6H,7-8H2,1-3H3. The minimum absolute atomic E-state index is 0.237. The van der Waals surface area contributed by atoms with E-state index in [0.717, 1.165) is 29.4 Å². The Labute approximate surface area is 106 Å². The van der Waals surface area contributed by atoms with E-state index >= 15 is 0 Å². The van der Waals surface area contributed by atoms with Crippen molar-refractivity contribution in [3.05, 3.63) is 23.8 Å². The maximum absolute atomic E-state index is 12.0. The second kappa shape index (κ2) is 3.57. The minimum Gasteiger partial charge on any atom is -0.497 e. The van der Waals surface area contributed by atoms with Crippen LogP contribution in [0.25, 0.3) is 0 Å². The molecule has 0 amide bonds. The van der Waals surface area contributed by atoms with Gasteiger partial charge in [-0.25, -0.2) is 4.99 Å². The lowest BCUT2D eigenvalue weighted by Gasteiger charge is -2.34. The summed E-state index contributed by atoms with van der Waals surface area (Å²) < 4.78 is 5.23. The number of hydrogen-bond acceptors (Lipinski definition) is 4. The summed E-state index contributed by atoms with van der Waals surface area (Å²) in [5, 5.41) is 0. The molecule has 0 aliphatic carbocycles. The molecule has 0 unspecified atom stereocenters. The van der Waals surface area contributed by atoms with Crippen molar-refractivity contribution in [3.8, 4) is 5.75 Å². The monoisotopic (exact) mass is 244 g/mol. The number of carbonyl (C=O) groups excluding carboxylic acids is 1. The van der Waals surface area contributed by atoms with Crippen molar-refractivity contribution < 1.29 is 9.53 Å². The lowest BCUT2D eigenvalue weighted by Crippen LogP contribution is -2.44. The Morgan fingerprint density at radius 1 is 1.39 bits per heavy atom. The van der Waals surface area contributed by atoms with Gasteiger partial charge in [-0.1, -0.05) is 0 Å². The molecule has 0 aromatic heterocycles. The number of nitrogens with zero attached hydrogens (tertiary/aromatic N) is 2. The Morgan fingerprint density at radius 2 is 2.17 bits per heavy atom. The fraction of sp³-hybridized carbons (Fsp3) is 0.429. The summed E-state index contributed by atoms with van der Waals surface area (Å²) in [6, 6.07) is 5.85. The molecule has 4 heteroatoms. The van der Waals surface area contributed by atoms with Crippen LogP contribution in [0.4, 0.5) is 5.69 Å². The molecule has 2 aliphatic heterocycles. The second-order valence-corrected chi connectivity index (χ2v) is 5.27. The molecule has 1 fully saturated rings. The Bertz CT molecular complexity index is 561. The maximum Gasteiger partial charge on any atom is 0.165 e. The number of amidine groups is 1. The molecule has 0 saturated carbocycles. The molecule has 94 valence electrons. The van der Waals surface area contributed by atoms with Gasteiger partial charge >= 0.3 is 0 Å². The van der Waals surface area contributed by atoms with E-state index in [1.54, 1.807) is 7.11 Å². The smallest absolute Gasteiger partial charge is 0.165 e. The Morgan fingerprint density at radius 3 is 2.89 bits per heavy atom. The molecule has 18 heavy (non-hydrogen) atoms. The SMILES string of the molecule is COc1ccc2c(c1)CN1C(=N2)CC(=O)C1(C)C. The van der Waals surface area contributed by atoms with Gasteiger partial charge in [0.15, 0.2) is 5.78 Å². The number of rotatable bonds is 1. The van der Waals surface area contributed by atoms with Gasteiger partial charge in [-0.15, -0.1) is 0 Å². The van der Waals surface area contributed by atoms with Gasteiger partial charge in [-0.3, -0.25) is 4.79 Å². The van der Waals surface area contributed by atoms with E-state index in [4.69, 9.17) is 4.74 Å². The van der Waals surface area contributed by atoms with Crippen molar-refractivity contribution in [2.75, 3.05) is 7.11 Å². The zero-order valence-corrected chi connectivity index (χ0v) is 10.9. The number of hydrogen-bond donors (Lipinski definition) is 0. The Kier molecular flexibility index (Phi) is 2.24. The first kappa shape index (κ1) is 11.3. The van der Waals surface area contributed by atoms with E-state index in [9.17, 15) is 4.79 Å². The van der Waals surface area contributed by atoms with Gasteiger partial charge in [0.25, 0.3) is 0 Å². The van der Waals surface area contributed by atoms with Crippen LogP contribution in [-0.4, -0.2) is 29.2 Å². The Balaban J connectivity index is 2.06. The first-order chi connectivity index (χ1) is 8.52. The van der Waals surface area contributed by atoms with Crippen LogP contribution >= 0.6 is 0 Å². The van der Waals surface area contributed by atoms with Crippen molar-refractivity contribution in [3.63, 3.8) is 0 Å². The summed E-state index contributed by atoms with van der Waals surface area (Å²) in [4.78, 5) is 18.7. The molecule has 2 heterocycles. The zero-order valence-electron chi connectivity index (χ0n) is 10.9. The third kappa shape index (κ3) is 1.45. The molecular weight excluding hydrogens is 228 g/mol. The van der Waals surface area contributed by atoms with E-state index < -0.39 is 5.54 Å². The minimum atomic E-state index is -0.445. The fourth-order valence-corrected chi connectivity index (χ4v) is 2.55. The predicted octanol–water partition coefficient (Wildman–Crippen LogP) is 2.29. The van der Waals surface area contributed by atoms with Crippen LogP contribution in [0.5, 0.6) is 5.75 Å². The lowest BCUT2D eigenvalue weighted by molar-refractivity contribution is -0.123. The number of aliphatic imine (C=N–C) groups is 1. The van der Waals surface area contributed by atoms with Crippen LogP contribution in [0.15, 0.2) is 23.2 Å². The number of ether oxygens (including phenoxy) is 1. The predicted molar refractivity (Wildman–Crippen MR) is 69.3 cm³/mol. The second-order valence-electron chi connectivity index (χ2n) is 5.27. The van der Waals surface area contributed by atoms with Crippen LogP contribution in [0.1, 0.15) is 25.8 Å². The average Bonchev–Trinajstić information content (AvgIpc) is 2.57. The molecule has 1 saturated heterocycles. The molecule has 3 rings (SSSR count). The molecular formula is C14H16N2O2. The number of carbonyl (C=O) groups is 1. The zero-order chi connectivity index (χ0) is 12.9. The van der Waals surface area contributed by atoms with E-state index in [-0.39, 0.29) is 5.78 Å². The van der Waals surface area contributed by atoms with Gasteiger partial charge in [0.05, 0.1) is 24.8 Å². The number of methoxy groups -OCH3 is 1. The average molecular weight is 244 g/mol. The maximum atomic E-state index is 12.0. The van der Waals surface area contributed by atoms with Crippen LogP contribution in [0.3, 0.4) is 0 Å². The summed E-state index contributed by atoms with van der Waals surface area (Å²) in [6.45, 7) is 4.65. The lowest BCUT2D eigenvalue weighted by atomic mass is 10.00. The summed E-state index contributed by atoms with van der Waals surface area (Å²) in [6.07, 6.45) is 0.443. The molecule has 0 radical (unpaired) electrons. The normalized spacial score (nSPS) is 20.3. The van der Waals surface area contributed by atoms with Gasteiger partial charge in [0, 0.05) is 12.1 Å². The number of fused-ring (bicyclic) bond motifs is 2. The molecule has 0 N–H and O–H groups in total. The van der Waals surface area contributed by atoms with Crippen LogP contribution < -0.4 is 4.74 Å². The largest absolute Gasteiger partial charge is 0.497 e. The molecule has 0 bridgehead atoms. The number of ketones is 1. The molecule has 1 aromatic carbocycles. The molecule has 0 atom stereocenters. The van der Waals surface area contributed by atoms with E-state index in [1.807, 2.05) is 32.0 Å². The van der Waals surface area contributed by atoms with E-state index in [2.05, 4.69) is 9.89 Å². The van der Waals surface area contributed by atoms with Crippen molar-refractivity contribution >= 4 is 17.3 Å². The first-order valence-electron chi connectivity index (χ1n) is 6.08. The third-order valence-corrected chi connectivity index (χ3v) is 3.85. The highest BCUT2D eigenvalue weighted by atomic mass is 16.5. The summed E-state index contributed by atoms with van der Waals surface area (Å²) in [7, 11) is 1.66. The van der Waals surface area contributed by atoms with E-state index in [1.165, 1.54) is 0 Å².